The average Bonchev–Trinajstić information content (AvgIpc) is 3.15. The van der Waals surface area contributed by atoms with Crippen molar-refractivity contribution in [2.45, 2.75) is 45.1 Å². The van der Waals surface area contributed by atoms with Crippen molar-refractivity contribution in [3.05, 3.63) is 17.8 Å². The van der Waals surface area contributed by atoms with Crippen molar-refractivity contribution in [1.29, 1.82) is 0 Å². The maximum absolute atomic E-state index is 12.3. The molecule has 2 unspecified atom stereocenters. The van der Waals surface area contributed by atoms with Gasteiger partial charge in [0.2, 0.25) is 0 Å². The summed E-state index contributed by atoms with van der Waals surface area (Å²) in [5, 5.41) is 11.9. The molecular weight excluding hydrogens is 302 g/mol. The summed E-state index contributed by atoms with van der Waals surface area (Å²) in [7, 11) is 0. The number of hydrogen-bond donors (Lipinski definition) is 1. The first-order valence-electron chi connectivity index (χ1n) is 9.05. The number of carbonyl (C=O) groups excluding carboxylic acids is 1. The summed E-state index contributed by atoms with van der Waals surface area (Å²) in [6.45, 7) is 9.70. The minimum atomic E-state index is -0.181. The largest absolute Gasteiger partial charge is 0.354 e. The Hall–Kier alpha value is -1.85. The van der Waals surface area contributed by atoms with E-state index in [9.17, 15) is 4.79 Å². The van der Waals surface area contributed by atoms with Crippen molar-refractivity contribution >= 4 is 11.8 Å². The normalized spacial score (nSPS) is 26.6. The highest BCUT2D eigenvalue weighted by atomic mass is 16.2. The Morgan fingerprint density at radius 2 is 1.75 bits per heavy atom. The topological polar surface area (TPSA) is 61.4 Å². The molecule has 2 saturated heterocycles. The molecule has 6 nitrogen and oxygen atoms in total. The fourth-order valence-electron chi connectivity index (χ4n) is 3.85. The quantitative estimate of drug-likeness (QED) is 0.904. The Bertz CT molecular complexity index is 605. The van der Waals surface area contributed by atoms with Crippen LogP contribution >= 0.6 is 0 Å². The summed E-state index contributed by atoms with van der Waals surface area (Å²) in [5.41, 5.74) is 0.961. The van der Waals surface area contributed by atoms with Crippen LogP contribution in [0.3, 0.4) is 0 Å². The Morgan fingerprint density at radius 3 is 2.25 bits per heavy atom. The number of urea groups is 1. The Morgan fingerprint density at radius 1 is 1.08 bits per heavy atom. The maximum atomic E-state index is 12.3. The highest BCUT2D eigenvalue weighted by Gasteiger charge is 2.42. The van der Waals surface area contributed by atoms with Gasteiger partial charge in [0.1, 0.15) is 0 Å². The van der Waals surface area contributed by atoms with Crippen LogP contribution in [-0.4, -0.2) is 52.8 Å². The lowest BCUT2D eigenvalue weighted by Crippen LogP contribution is -2.48. The van der Waals surface area contributed by atoms with Crippen LogP contribution < -0.4 is 10.2 Å². The molecular formula is C18H27N5O. The average molecular weight is 329 g/mol. The van der Waals surface area contributed by atoms with Gasteiger partial charge in [-0.3, -0.25) is 0 Å². The summed E-state index contributed by atoms with van der Waals surface area (Å²) >= 11 is 0. The molecule has 1 aliphatic carbocycles. The second-order valence-electron chi connectivity index (χ2n) is 8.60. The predicted octanol–water partition coefficient (Wildman–Crippen LogP) is 2.23. The van der Waals surface area contributed by atoms with Gasteiger partial charge in [0.25, 0.3) is 0 Å². The Balaban J connectivity index is 1.34. The number of carbonyl (C=O) groups is 1. The number of amides is 2. The number of hydrogen-bond acceptors (Lipinski definition) is 4. The molecule has 1 N–H and O–H groups in total. The van der Waals surface area contributed by atoms with Gasteiger partial charge in [0.15, 0.2) is 5.82 Å². The third-order valence-corrected chi connectivity index (χ3v) is 5.25. The van der Waals surface area contributed by atoms with Gasteiger partial charge in [-0.25, -0.2) is 4.79 Å². The molecule has 3 heterocycles. The Kier molecular flexibility index (Phi) is 3.66. The molecule has 24 heavy (non-hydrogen) atoms. The lowest BCUT2D eigenvalue weighted by molar-refractivity contribution is 0.196. The molecule has 1 aromatic rings. The molecule has 0 spiro atoms. The van der Waals surface area contributed by atoms with E-state index in [0.29, 0.717) is 17.8 Å². The number of anilines is 1. The Labute approximate surface area is 143 Å². The van der Waals surface area contributed by atoms with E-state index < -0.39 is 0 Å². The highest BCUT2D eigenvalue weighted by Crippen LogP contribution is 2.39. The fourth-order valence-corrected chi connectivity index (χ4v) is 3.85. The van der Waals surface area contributed by atoms with Gasteiger partial charge in [-0.2, -0.15) is 5.10 Å². The van der Waals surface area contributed by atoms with Crippen LogP contribution in [0.1, 0.15) is 45.2 Å². The monoisotopic (exact) mass is 329 g/mol. The number of nitrogens with one attached hydrogen (secondary N) is 1. The van der Waals surface area contributed by atoms with Crippen LogP contribution in [0.2, 0.25) is 0 Å². The molecule has 1 saturated carbocycles. The molecule has 0 radical (unpaired) electrons. The van der Waals surface area contributed by atoms with Crippen molar-refractivity contribution in [1.82, 2.24) is 20.4 Å². The number of aromatic nitrogens is 2. The third-order valence-electron chi connectivity index (χ3n) is 5.25. The van der Waals surface area contributed by atoms with Gasteiger partial charge >= 0.3 is 6.03 Å². The molecule has 3 aliphatic rings. The summed E-state index contributed by atoms with van der Waals surface area (Å²) in [6.07, 6.45) is 2.52. The van der Waals surface area contributed by atoms with Crippen molar-refractivity contribution in [2.24, 2.45) is 11.8 Å². The lowest BCUT2D eigenvalue weighted by atomic mass is 10.0. The molecule has 2 atom stereocenters. The molecule has 2 aliphatic heterocycles. The zero-order valence-electron chi connectivity index (χ0n) is 14.8. The molecule has 2 amide bonds. The van der Waals surface area contributed by atoms with Gasteiger partial charge in [0.05, 0.1) is 5.69 Å². The van der Waals surface area contributed by atoms with Crippen molar-refractivity contribution in [2.75, 3.05) is 31.1 Å². The van der Waals surface area contributed by atoms with Crippen molar-refractivity contribution in [3.8, 4) is 0 Å². The summed E-state index contributed by atoms with van der Waals surface area (Å²) in [4.78, 5) is 16.6. The van der Waals surface area contributed by atoms with E-state index >= 15 is 0 Å². The minimum Gasteiger partial charge on any atom is -0.354 e. The second kappa shape index (κ2) is 5.60. The van der Waals surface area contributed by atoms with Crippen LogP contribution in [0.4, 0.5) is 10.6 Å². The van der Waals surface area contributed by atoms with Crippen LogP contribution in [0, 0.1) is 11.8 Å². The third kappa shape index (κ3) is 3.19. The number of rotatable bonds is 2. The fraction of sp³-hybridized carbons (Fsp3) is 0.722. The molecule has 3 fully saturated rings. The smallest absolute Gasteiger partial charge is 0.317 e. The number of fused-ring (bicyclic) bond motifs is 1. The first-order valence-corrected chi connectivity index (χ1v) is 9.05. The number of likely N-dealkylation sites (tertiary alicyclic amines) is 1. The van der Waals surface area contributed by atoms with E-state index in [0.717, 1.165) is 37.7 Å². The summed E-state index contributed by atoms with van der Waals surface area (Å²) in [6, 6.07) is 4.32. The maximum Gasteiger partial charge on any atom is 0.317 e. The first-order chi connectivity index (χ1) is 11.4. The van der Waals surface area contributed by atoms with Crippen molar-refractivity contribution < 1.29 is 4.79 Å². The zero-order chi connectivity index (χ0) is 16.9. The highest BCUT2D eigenvalue weighted by molar-refractivity contribution is 5.75. The molecule has 1 aromatic heterocycles. The summed E-state index contributed by atoms with van der Waals surface area (Å²) < 4.78 is 0. The van der Waals surface area contributed by atoms with Crippen molar-refractivity contribution in [3.63, 3.8) is 0 Å². The number of nitrogens with zero attached hydrogens (tertiary/aromatic N) is 4. The van der Waals surface area contributed by atoms with Gasteiger partial charge < -0.3 is 15.1 Å². The molecule has 4 rings (SSSR count). The van der Waals surface area contributed by atoms with Crippen LogP contribution in [0.5, 0.6) is 0 Å². The second-order valence-corrected chi connectivity index (χ2v) is 8.60. The molecule has 0 aromatic carbocycles. The minimum absolute atomic E-state index is 0.0667. The van der Waals surface area contributed by atoms with Crippen LogP contribution in [0.15, 0.2) is 12.1 Å². The summed E-state index contributed by atoms with van der Waals surface area (Å²) in [5.74, 6) is 2.72. The molecule has 0 bridgehead atoms. The lowest BCUT2D eigenvalue weighted by Gasteiger charge is -2.27. The van der Waals surface area contributed by atoms with Gasteiger partial charge in [-0.05, 0) is 45.7 Å². The van der Waals surface area contributed by atoms with E-state index in [4.69, 9.17) is 0 Å². The van der Waals surface area contributed by atoms with E-state index in [-0.39, 0.29) is 11.6 Å². The van der Waals surface area contributed by atoms with E-state index in [1.54, 1.807) is 0 Å². The zero-order valence-corrected chi connectivity index (χ0v) is 14.8. The SMILES string of the molecule is CC(C)(C)NC(=O)N1CC2CN(c3ccc(C4CC4)nn3)CC2C1. The molecule has 130 valence electrons. The van der Waals surface area contributed by atoms with Gasteiger partial charge in [-0.1, -0.05) is 0 Å². The standard InChI is InChI=1S/C18H27N5O/c1-18(2,3)19-17(24)23-10-13-8-22(9-14(13)11-23)16-7-6-15(20-21-16)12-4-5-12/h6-7,12-14H,4-5,8-11H2,1-3H3,(H,19,24). The van der Waals surface area contributed by atoms with Crippen LogP contribution in [0.25, 0.3) is 0 Å². The first kappa shape index (κ1) is 15.7. The van der Waals surface area contributed by atoms with Gasteiger partial charge in [-0.15, -0.1) is 5.10 Å². The van der Waals surface area contributed by atoms with Gasteiger partial charge in [0, 0.05) is 49.5 Å². The van der Waals surface area contributed by atoms with E-state index in [2.05, 4.69) is 32.5 Å². The predicted molar refractivity (Wildman–Crippen MR) is 93.1 cm³/mol. The molecule has 6 heteroatoms. The van der Waals surface area contributed by atoms with E-state index in [1.165, 1.54) is 12.8 Å². The van der Waals surface area contributed by atoms with E-state index in [1.807, 2.05) is 25.7 Å². The van der Waals surface area contributed by atoms with Crippen LogP contribution in [-0.2, 0) is 0 Å².